The van der Waals surface area contributed by atoms with Crippen molar-refractivity contribution in [1.29, 1.82) is 0 Å². The van der Waals surface area contributed by atoms with Crippen LogP contribution in [0.1, 0.15) is 19.8 Å². The Kier molecular flexibility index (Phi) is 4.87. The Hall–Kier alpha value is -0.320. The summed E-state index contributed by atoms with van der Waals surface area (Å²) in [6.45, 7) is 4.58. The number of halogens is 2. The van der Waals surface area contributed by atoms with Gasteiger partial charge >= 0.3 is 0 Å². The lowest BCUT2D eigenvalue weighted by Gasteiger charge is -2.34. The standard InChI is InChI=1S/C13H19BrClN3/c1-9(10-4-3-5-18(2)8-10)17-12-6-11(14)7-16-13(12)15/h6-7,9-10,17H,3-5,8H2,1-2H3. The number of piperidine rings is 1. The lowest BCUT2D eigenvalue weighted by molar-refractivity contribution is 0.197. The number of hydrogen-bond acceptors (Lipinski definition) is 3. The van der Waals surface area contributed by atoms with Crippen LogP contribution in [0.25, 0.3) is 0 Å². The molecule has 2 heterocycles. The summed E-state index contributed by atoms with van der Waals surface area (Å²) < 4.78 is 0.947. The first-order valence-electron chi connectivity index (χ1n) is 6.32. The van der Waals surface area contributed by atoms with Gasteiger partial charge in [0, 0.05) is 23.3 Å². The third-order valence-corrected chi connectivity index (χ3v) is 4.29. The van der Waals surface area contributed by atoms with Crippen LogP contribution in [0.4, 0.5) is 5.69 Å². The summed E-state index contributed by atoms with van der Waals surface area (Å²) in [4.78, 5) is 6.53. The smallest absolute Gasteiger partial charge is 0.152 e. The highest BCUT2D eigenvalue weighted by atomic mass is 79.9. The molecule has 2 atom stereocenters. The summed E-state index contributed by atoms with van der Waals surface area (Å²) in [7, 11) is 2.19. The monoisotopic (exact) mass is 331 g/mol. The van der Waals surface area contributed by atoms with Gasteiger partial charge in [0.15, 0.2) is 5.15 Å². The molecular weight excluding hydrogens is 314 g/mol. The molecule has 1 saturated heterocycles. The average molecular weight is 333 g/mol. The van der Waals surface area contributed by atoms with Gasteiger partial charge in [-0.15, -0.1) is 0 Å². The van der Waals surface area contributed by atoms with Crippen LogP contribution in [0.2, 0.25) is 5.15 Å². The fourth-order valence-electron chi connectivity index (χ4n) is 2.50. The molecule has 1 aliphatic heterocycles. The van der Waals surface area contributed by atoms with E-state index in [1.807, 2.05) is 6.07 Å². The molecule has 1 aliphatic rings. The SMILES string of the molecule is CC(Nc1cc(Br)cnc1Cl)C1CCCN(C)C1. The molecule has 0 saturated carbocycles. The van der Waals surface area contributed by atoms with Gasteiger partial charge in [-0.05, 0) is 61.3 Å². The topological polar surface area (TPSA) is 28.2 Å². The summed E-state index contributed by atoms with van der Waals surface area (Å²) in [6, 6.07) is 2.39. The second-order valence-electron chi connectivity index (χ2n) is 5.09. The summed E-state index contributed by atoms with van der Waals surface area (Å²) in [5, 5.41) is 4.03. The van der Waals surface area contributed by atoms with Crippen LogP contribution >= 0.6 is 27.5 Å². The van der Waals surface area contributed by atoms with Gasteiger partial charge in [0.25, 0.3) is 0 Å². The Labute approximate surface area is 122 Å². The molecule has 0 spiro atoms. The predicted molar refractivity (Wildman–Crippen MR) is 80.3 cm³/mol. The zero-order chi connectivity index (χ0) is 13.1. The fraction of sp³-hybridized carbons (Fsp3) is 0.615. The van der Waals surface area contributed by atoms with Gasteiger partial charge in [-0.3, -0.25) is 0 Å². The highest BCUT2D eigenvalue weighted by Crippen LogP contribution is 2.27. The van der Waals surface area contributed by atoms with Crippen LogP contribution in [-0.4, -0.2) is 36.1 Å². The minimum Gasteiger partial charge on any atom is -0.380 e. The highest BCUT2D eigenvalue weighted by Gasteiger charge is 2.23. The molecule has 0 aliphatic carbocycles. The molecule has 0 aromatic carbocycles. The number of likely N-dealkylation sites (tertiary alicyclic amines) is 1. The van der Waals surface area contributed by atoms with Crippen molar-refractivity contribution in [3.05, 3.63) is 21.9 Å². The number of pyridine rings is 1. The molecule has 18 heavy (non-hydrogen) atoms. The molecule has 100 valence electrons. The Bertz CT molecular complexity index is 413. The van der Waals surface area contributed by atoms with E-state index in [1.165, 1.54) is 19.4 Å². The van der Waals surface area contributed by atoms with Crippen molar-refractivity contribution >= 4 is 33.2 Å². The van der Waals surface area contributed by atoms with E-state index < -0.39 is 0 Å². The van der Waals surface area contributed by atoms with Crippen LogP contribution in [0.15, 0.2) is 16.7 Å². The highest BCUT2D eigenvalue weighted by molar-refractivity contribution is 9.10. The zero-order valence-electron chi connectivity index (χ0n) is 10.8. The van der Waals surface area contributed by atoms with Crippen LogP contribution in [0, 0.1) is 5.92 Å². The van der Waals surface area contributed by atoms with Crippen molar-refractivity contribution in [2.45, 2.75) is 25.8 Å². The van der Waals surface area contributed by atoms with Crippen LogP contribution in [-0.2, 0) is 0 Å². The second-order valence-corrected chi connectivity index (χ2v) is 6.36. The van der Waals surface area contributed by atoms with Gasteiger partial charge in [-0.1, -0.05) is 11.6 Å². The number of hydrogen-bond donors (Lipinski definition) is 1. The van der Waals surface area contributed by atoms with Crippen molar-refractivity contribution in [3.8, 4) is 0 Å². The van der Waals surface area contributed by atoms with Gasteiger partial charge in [0.2, 0.25) is 0 Å². The van der Waals surface area contributed by atoms with E-state index >= 15 is 0 Å². The van der Waals surface area contributed by atoms with E-state index in [0.29, 0.717) is 17.1 Å². The molecule has 0 radical (unpaired) electrons. The summed E-state index contributed by atoms with van der Waals surface area (Å²) >= 11 is 9.53. The van der Waals surface area contributed by atoms with Crippen LogP contribution in [0.5, 0.6) is 0 Å². The van der Waals surface area contributed by atoms with Crippen molar-refractivity contribution in [2.75, 3.05) is 25.5 Å². The van der Waals surface area contributed by atoms with Gasteiger partial charge < -0.3 is 10.2 Å². The van der Waals surface area contributed by atoms with E-state index in [2.05, 4.69) is 45.1 Å². The number of aromatic nitrogens is 1. The van der Waals surface area contributed by atoms with E-state index in [4.69, 9.17) is 11.6 Å². The van der Waals surface area contributed by atoms with E-state index in [9.17, 15) is 0 Å². The van der Waals surface area contributed by atoms with Crippen LogP contribution < -0.4 is 5.32 Å². The van der Waals surface area contributed by atoms with Crippen LogP contribution in [0.3, 0.4) is 0 Å². The Balaban J connectivity index is 2.01. The third-order valence-electron chi connectivity index (χ3n) is 3.56. The predicted octanol–water partition coefficient (Wildman–Crippen LogP) is 3.64. The summed E-state index contributed by atoms with van der Waals surface area (Å²) in [5.41, 5.74) is 0.909. The molecule has 2 rings (SSSR count). The molecule has 1 aromatic heterocycles. The van der Waals surface area contributed by atoms with Gasteiger partial charge in [0.05, 0.1) is 5.69 Å². The minimum atomic E-state index is 0.404. The number of nitrogens with zero attached hydrogens (tertiary/aromatic N) is 2. The average Bonchev–Trinajstić information content (AvgIpc) is 2.34. The molecule has 1 aromatic rings. The maximum Gasteiger partial charge on any atom is 0.152 e. The van der Waals surface area contributed by atoms with E-state index in [0.717, 1.165) is 16.7 Å². The molecule has 0 amide bonds. The lowest BCUT2D eigenvalue weighted by Crippen LogP contribution is -2.39. The first kappa shape index (κ1) is 14.1. The first-order valence-corrected chi connectivity index (χ1v) is 7.49. The Morgan fingerprint density at radius 1 is 1.61 bits per heavy atom. The number of nitrogens with one attached hydrogen (secondary N) is 1. The largest absolute Gasteiger partial charge is 0.380 e. The Morgan fingerprint density at radius 3 is 3.11 bits per heavy atom. The normalized spacial score (nSPS) is 22.8. The fourth-order valence-corrected chi connectivity index (χ4v) is 2.99. The quantitative estimate of drug-likeness (QED) is 0.857. The molecule has 3 nitrogen and oxygen atoms in total. The van der Waals surface area contributed by atoms with Gasteiger partial charge in [0.1, 0.15) is 0 Å². The van der Waals surface area contributed by atoms with Gasteiger partial charge in [-0.25, -0.2) is 4.98 Å². The number of anilines is 1. The molecule has 2 unspecified atom stereocenters. The molecule has 1 fully saturated rings. The van der Waals surface area contributed by atoms with Crippen molar-refractivity contribution in [3.63, 3.8) is 0 Å². The molecular formula is C13H19BrClN3. The van der Waals surface area contributed by atoms with Crippen molar-refractivity contribution in [2.24, 2.45) is 5.92 Å². The molecule has 1 N–H and O–H groups in total. The van der Waals surface area contributed by atoms with E-state index in [1.54, 1.807) is 6.20 Å². The number of rotatable bonds is 3. The lowest BCUT2D eigenvalue weighted by atomic mass is 9.92. The van der Waals surface area contributed by atoms with Gasteiger partial charge in [-0.2, -0.15) is 0 Å². The molecule has 0 bridgehead atoms. The summed E-state index contributed by atoms with van der Waals surface area (Å²) in [5.74, 6) is 0.666. The third kappa shape index (κ3) is 3.59. The Morgan fingerprint density at radius 2 is 2.39 bits per heavy atom. The van der Waals surface area contributed by atoms with E-state index in [-0.39, 0.29) is 0 Å². The molecule has 5 heteroatoms. The summed E-state index contributed by atoms with van der Waals surface area (Å²) in [6.07, 6.45) is 4.27. The minimum absolute atomic E-state index is 0.404. The maximum absolute atomic E-state index is 6.10. The maximum atomic E-state index is 6.10. The zero-order valence-corrected chi connectivity index (χ0v) is 13.1. The van der Waals surface area contributed by atoms with Crippen molar-refractivity contribution in [1.82, 2.24) is 9.88 Å². The first-order chi connectivity index (χ1) is 8.56. The second kappa shape index (κ2) is 6.22. The van der Waals surface area contributed by atoms with Crippen molar-refractivity contribution < 1.29 is 0 Å².